The molecule has 0 saturated carbocycles. The number of urea groups is 1. The largest absolute Gasteiger partial charge is 0.494 e. The molecule has 4 aromatic rings. The van der Waals surface area contributed by atoms with Crippen molar-refractivity contribution in [1.82, 2.24) is 5.32 Å². The molecule has 3 amide bonds. The number of amides is 3. The molecule has 4 rings (SSSR count). The number of hydrogen-bond donors (Lipinski definition) is 2. The third-order valence-corrected chi connectivity index (χ3v) is 6.30. The number of anilines is 2. The number of hydrogen-bond acceptors (Lipinski definition) is 6. The van der Waals surface area contributed by atoms with E-state index in [0.29, 0.717) is 47.2 Å². The van der Waals surface area contributed by atoms with Crippen LogP contribution in [0.5, 0.6) is 17.2 Å². The number of para-hydroxylation sites is 1. The Bertz CT molecular complexity index is 1510. The topological polar surface area (TPSA) is 123 Å². The van der Waals surface area contributed by atoms with Gasteiger partial charge in [0, 0.05) is 41.7 Å². The van der Waals surface area contributed by atoms with Crippen LogP contribution in [0.4, 0.5) is 21.9 Å². The molecule has 0 fully saturated rings. The van der Waals surface area contributed by atoms with Gasteiger partial charge in [0.25, 0.3) is 11.6 Å². The molecular weight excluding hydrogens is 536 g/mol. The molecule has 216 valence electrons. The van der Waals surface area contributed by atoms with E-state index in [1.165, 1.54) is 6.07 Å². The molecular formula is C32H32N4O6. The third kappa shape index (κ3) is 8.07. The van der Waals surface area contributed by atoms with Crippen molar-refractivity contribution in [3.05, 3.63) is 118 Å². The van der Waals surface area contributed by atoms with Crippen molar-refractivity contribution in [2.24, 2.45) is 0 Å². The Kier molecular flexibility index (Phi) is 10.1. The first kappa shape index (κ1) is 29.6. The highest BCUT2D eigenvalue weighted by molar-refractivity contribution is 6.01. The standard InChI is InChI=1S/C32H32N4O6/c1-3-41-27-16-12-25(13-17-27)34-32(38)35(26-14-18-29(19-15-26)42-28-8-5-4-6-9-28)21-7-20-33-31(37)24-11-10-23(2)30(22-24)36(39)40/h4-6,8-19,22H,3,7,20-21H2,1-2H3,(H,33,37)(H,34,38). The third-order valence-electron chi connectivity index (χ3n) is 6.30. The lowest BCUT2D eigenvalue weighted by molar-refractivity contribution is -0.385. The van der Waals surface area contributed by atoms with Gasteiger partial charge >= 0.3 is 6.03 Å². The smallest absolute Gasteiger partial charge is 0.326 e. The predicted octanol–water partition coefficient (Wildman–Crippen LogP) is 6.95. The van der Waals surface area contributed by atoms with Crippen LogP contribution in [-0.4, -0.2) is 36.6 Å². The summed E-state index contributed by atoms with van der Waals surface area (Å²) in [5, 5.41) is 16.9. The normalized spacial score (nSPS) is 10.4. The van der Waals surface area contributed by atoms with Gasteiger partial charge in [0.1, 0.15) is 17.2 Å². The molecule has 0 radical (unpaired) electrons. The molecule has 0 unspecified atom stereocenters. The maximum atomic E-state index is 13.4. The lowest BCUT2D eigenvalue weighted by Gasteiger charge is -2.24. The van der Waals surface area contributed by atoms with E-state index in [2.05, 4.69) is 10.6 Å². The molecule has 10 heteroatoms. The Morgan fingerprint density at radius 1 is 0.881 bits per heavy atom. The molecule has 10 nitrogen and oxygen atoms in total. The van der Waals surface area contributed by atoms with Crippen molar-refractivity contribution >= 4 is 29.0 Å². The molecule has 0 spiro atoms. The summed E-state index contributed by atoms with van der Waals surface area (Å²) in [5.74, 6) is 1.60. The van der Waals surface area contributed by atoms with E-state index < -0.39 is 10.8 Å². The zero-order chi connectivity index (χ0) is 29.9. The summed E-state index contributed by atoms with van der Waals surface area (Å²) in [7, 11) is 0. The van der Waals surface area contributed by atoms with E-state index in [-0.39, 0.29) is 30.4 Å². The number of nitro benzene ring substituents is 1. The maximum Gasteiger partial charge on any atom is 0.326 e. The highest BCUT2D eigenvalue weighted by atomic mass is 16.6. The Morgan fingerprint density at radius 3 is 2.21 bits per heavy atom. The molecule has 0 aromatic heterocycles. The number of ether oxygens (including phenoxy) is 2. The van der Waals surface area contributed by atoms with Crippen LogP contribution in [0.1, 0.15) is 29.3 Å². The van der Waals surface area contributed by atoms with Crippen LogP contribution in [0.25, 0.3) is 0 Å². The number of carbonyl (C=O) groups excluding carboxylic acids is 2. The summed E-state index contributed by atoms with van der Waals surface area (Å²) in [4.78, 5) is 38.3. The van der Waals surface area contributed by atoms with Crippen molar-refractivity contribution in [1.29, 1.82) is 0 Å². The molecule has 0 saturated heterocycles. The molecule has 2 N–H and O–H groups in total. The van der Waals surface area contributed by atoms with Gasteiger partial charge in [0.15, 0.2) is 0 Å². The summed E-state index contributed by atoms with van der Waals surface area (Å²) < 4.78 is 11.4. The van der Waals surface area contributed by atoms with Crippen LogP contribution in [0.3, 0.4) is 0 Å². The first-order valence-corrected chi connectivity index (χ1v) is 13.5. The molecule has 0 aliphatic carbocycles. The van der Waals surface area contributed by atoms with Gasteiger partial charge in [0.05, 0.1) is 11.5 Å². The first-order chi connectivity index (χ1) is 20.3. The summed E-state index contributed by atoms with van der Waals surface area (Å²) in [6, 6.07) is 27.6. The Hall–Kier alpha value is -5.38. The Morgan fingerprint density at radius 2 is 1.55 bits per heavy atom. The number of nitro groups is 1. The minimum atomic E-state index is -0.511. The van der Waals surface area contributed by atoms with Crippen molar-refractivity contribution in [3.63, 3.8) is 0 Å². The van der Waals surface area contributed by atoms with Gasteiger partial charge in [-0.25, -0.2) is 4.79 Å². The van der Waals surface area contributed by atoms with Gasteiger partial charge in [0.2, 0.25) is 0 Å². The zero-order valence-corrected chi connectivity index (χ0v) is 23.4. The SMILES string of the molecule is CCOc1ccc(NC(=O)N(CCCNC(=O)c2ccc(C)c([N+](=O)[O-])c2)c2ccc(Oc3ccccc3)cc2)cc1. The maximum absolute atomic E-state index is 13.4. The molecule has 0 atom stereocenters. The van der Waals surface area contributed by atoms with Gasteiger partial charge in [-0.3, -0.25) is 19.8 Å². The number of rotatable bonds is 12. The fraction of sp³-hybridized carbons (Fsp3) is 0.188. The van der Waals surface area contributed by atoms with E-state index in [1.54, 1.807) is 72.5 Å². The second-order valence-corrected chi connectivity index (χ2v) is 9.32. The zero-order valence-electron chi connectivity index (χ0n) is 23.4. The van der Waals surface area contributed by atoms with Gasteiger partial charge < -0.3 is 20.1 Å². The predicted molar refractivity (Wildman–Crippen MR) is 162 cm³/mol. The number of aryl methyl sites for hydroxylation is 1. The summed E-state index contributed by atoms with van der Waals surface area (Å²) in [5.41, 5.74) is 1.81. The minimum absolute atomic E-state index is 0.112. The fourth-order valence-electron chi connectivity index (χ4n) is 4.15. The quantitative estimate of drug-likeness (QED) is 0.108. The molecule has 0 aliphatic heterocycles. The van der Waals surface area contributed by atoms with Crippen molar-refractivity contribution in [3.8, 4) is 17.2 Å². The number of benzene rings is 4. The Balaban J connectivity index is 1.43. The van der Waals surface area contributed by atoms with Crippen molar-refractivity contribution < 1.29 is 24.0 Å². The molecule has 42 heavy (non-hydrogen) atoms. The second-order valence-electron chi connectivity index (χ2n) is 9.32. The first-order valence-electron chi connectivity index (χ1n) is 13.5. The van der Waals surface area contributed by atoms with Crippen LogP contribution >= 0.6 is 0 Å². The van der Waals surface area contributed by atoms with E-state index in [1.807, 2.05) is 37.3 Å². The average molecular weight is 569 g/mol. The summed E-state index contributed by atoms with van der Waals surface area (Å²) in [6.45, 7) is 4.60. The lowest BCUT2D eigenvalue weighted by atomic mass is 10.1. The van der Waals surface area contributed by atoms with E-state index in [4.69, 9.17) is 9.47 Å². The van der Waals surface area contributed by atoms with Gasteiger partial charge in [-0.1, -0.05) is 24.3 Å². The van der Waals surface area contributed by atoms with Gasteiger partial charge in [-0.05, 0) is 87.0 Å². The molecule has 4 aromatic carbocycles. The van der Waals surface area contributed by atoms with Crippen molar-refractivity contribution in [2.75, 3.05) is 29.9 Å². The highest BCUT2D eigenvalue weighted by Crippen LogP contribution is 2.26. The number of nitrogens with one attached hydrogen (secondary N) is 2. The molecule has 0 bridgehead atoms. The minimum Gasteiger partial charge on any atom is -0.494 e. The second kappa shape index (κ2) is 14.3. The van der Waals surface area contributed by atoms with Crippen LogP contribution < -0.4 is 25.0 Å². The van der Waals surface area contributed by atoms with E-state index in [0.717, 1.165) is 0 Å². The summed E-state index contributed by atoms with van der Waals surface area (Å²) >= 11 is 0. The Labute approximate surface area is 244 Å². The average Bonchev–Trinajstić information content (AvgIpc) is 2.99. The molecule has 0 aliphatic rings. The highest BCUT2D eigenvalue weighted by Gasteiger charge is 2.18. The van der Waals surface area contributed by atoms with Crippen LogP contribution in [0, 0.1) is 17.0 Å². The number of nitrogens with zero attached hydrogens (tertiary/aromatic N) is 2. The van der Waals surface area contributed by atoms with Crippen LogP contribution in [0.15, 0.2) is 97.1 Å². The van der Waals surface area contributed by atoms with E-state index >= 15 is 0 Å². The van der Waals surface area contributed by atoms with E-state index in [9.17, 15) is 19.7 Å². The van der Waals surface area contributed by atoms with Crippen LogP contribution in [0.2, 0.25) is 0 Å². The van der Waals surface area contributed by atoms with Crippen molar-refractivity contribution in [2.45, 2.75) is 20.3 Å². The van der Waals surface area contributed by atoms with Gasteiger partial charge in [-0.2, -0.15) is 0 Å². The number of carbonyl (C=O) groups is 2. The molecule has 0 heterocycles. The summed E-state index contributed by atoms with van der Waals surface area (Å²) in [6.07, 6.45) is 0.429. The van der Waals surface area contributed by atoms with Crippen LogP contribution in [-0.2, 0) is 0 Å². The lowest BCUT2D eigenvalue weighted by Crippen LogP contribution is -2.37. The fourth-order valence-corrected chi connectivity index (χ4v) is 4.15. The van der Waals surface area contributed by atoms with Gasteiger partial charge in [-0.15, -0.1) is 0 Å². The monoisotopic (exact) mass is 568 g/mol.